The zero-order valence-electron chi connectivity index (χ0n) is 14.4. The monoisotopic (exact) mass is 319 g/mol. The zero-order valence-corrected chi connectivity index (χ0v) is 14.4. The minimum atomic E-state index is -0.519. The smallest absolute Gasteiger partial charge is 0.410 e. The molecule has 1 aromatic heterocycles. The van der Waals surface area contributed by atoms with Crippen molar-refractivity contribution in [3.8, 4) is 0 Å². The molecule has 3 N–H and O–H groups in total. The summed E-state index contributed by atoms with van der Waals surface area (Å²) in [5, 5.41) is 8.12. The summed E-state index contributed by atoms with van der Waals surface area (Å²) in [6.07, 6.45) is 1.25. The minimum absolute atomic E-state index is 0.282. The number of carbonyl (C=O) groups excluding carboxylic acids is 1. The third-order valence-electron chi connectivity index (χ3n) is 3.42. The van der Waals surface area contributed by atoms with Gasteiger partial charge in [0.1, 0.15) is 5.60 Å². The number of nitrogens with zero attached hydrogens (tertiary/aromatic N) is 3. The lowest BCUT2D eigenvalue weighted by atomic mass is 10.2. The lowest BCUT2D eigenvalue weighted by Crippen LogP contribution is -2.34. The van der Waals surface area contributed by atoms with Gasteiger partial charge in [0.05, 0.1) is 30.2 Å². The Morgan fingerprint density at radius 1 is 1.43 bits per heavy atom. The Morgan fingerprint density at radius 2 is 2.09 bits per heavy atom. The minimum Gasteiger partial charge on any atom is -0.444 e. The maximum atomic E-state index is 12.2. The van der Waals surface area contributed by atoms with Gasteiger partial charge in [0.15, 0.2) is 5.82 Å². The van der Waals surface area contributed by atoms with Crippen LogP contribution in [-0.4, -0.2) is 31.9 Å². The third-order valence-corrected chi connectivity index (χ3v) is 3.42. The fourth-order valence-corrected chi connectivity index (χ4v) is 2.55. The molecule has 7 heteroatoms. The first-order valence-corrected chi connectivity index (χ1v) is 7.71. The van der Waals surface area contributed by atoms with Crippen LogP contribution < -0.4 is 5.73 Å². The van der Waals surface area contributed by atoms with Crippen LogP contribution in [0, 0.1) is 5.41 Å². The van der Waals surface area contributed by atoms with E-state index in [4.69, 9.17) is 15.9 Å². The van der Waals surface area contributed by atoms with Crippen molar-refractivity contribution in [3.63, 3.8) is 0 Å². The van der Waals surface area contributed by atoms with Gasteiger partial charge in [-0.05, 0) is 40.7 Å². The molecule has 0 bridgehead atoms. The van der Waals surface area contributed by atoms with E-state index >= 15 is 0 Å². The zero-order chi connectivity index (χ0) is 17.4. The molecule has 2 rings (SSSR count). The quantitative estimate of drug-likeness (QED) is 0.836. The van der Waals surface area contributed by atoms with Crippen LogP contribution >= 0.6 is 0 Å². The number of aromatic nitrogens is 2. The number of fused-ring (bicyclic) bond motifs is 1. The fourth-order valence-electron chi connectivity index (χ4n) is 2.55. The van der Waals surface area contributed by atoms with Crippen molar-refractivity contribution in [2.24, 2.45) is 5.73 Å². The number of nitrogens with one attached hydrogen (secondary N) is 1. The molecule has 1 amide bonds. The lowest BCUT2D eigenvalue weighted by Gasteiger charge is -2.24. The number of hydrogen-bond donors (Lipinski definition) is 2. The second-order valence-electron chi connectivity index (χ2n) is 6.71. The first kappa shape index (κ1) is 17.1. The standard InChI is InChI=1S/C16H25N5O2/c1-6-21-13-9-20(15(22)23-16(3,4)5)8-12(13)19-14(21)11(18)7-10(2)17/h7,18H,6,8-9,17H2,1-5H3. The Kier molecular flexibility index (Phi) is 4.49. The molecule has 23 heavy (non-hydrogen) atoms. The molecule has 0 radical (unpaired) electrons. The fraction of sp³-hybridized carbons (Fsp3) is 0.562. The summed E-state index contributed by atoms with van der Waals surface area (Å²) in [5.41, 5.74) is 7.76. The third kappa shape index (κ3) is 3.72. The highest BCUT2D eigenvalue weighted by Gasteiger charge is 2.32. The van der Waals surface area contributed by atoms with Gasteiger partial charge < -0.3 is 15.0 Å². The molecule has 2 heterocycles. The van der Waals surface area contributed by atoms with Gasteiger partial charge in [-0.3, -0.25) is 10.3 Å². The maximum Gasteiger partial charge on any atom is 0.410 e. The van der Waals surface area contributed by atoms with Crippen LogP contribution in [0.5, 0.6) is 0 Å². The van der Waals surface area contributed by atoms with Crippen LogP contribution in [-0.2, 0) is 24.4 Å². The number of imidazole rings is 1. The molecule has 0 fully saturated rings. The summed E-state index contributed by atoms with van der Waals surface area (Å²) in [4.78, 5) is 18.4. The molecule has 0 aliphatic carbocycles. The Balaban J connectivity index is 2.22. The van der Waals surface area contributed by atoms with E-state index in [0.29, 0.717) is 31.2 Å². The molecule has 126 valence electrons. The SMILES string of the molecule is CCn1c(C(=N)C=C(C)N)nc2c1CN(C(=O)OC(C)(C)C)C2. The van der Waals surface area contributed by atoms with E-state index in [1.165, 1.54) is 0 Å². The molecule has 0 aromatic carbocycles. The number of ether oxygens (including phenoxy) is 1. The summed E-state index contributed by atoms with van der Waals surface area (Å²) < 4.78 is 7.37. The van der Waals surface area contributed by atoms with Crippen LogP contribution in [0.1, 0.15) is 51.8 Å². The maximum absolute atomic E-state index is 12.2. The van der Waals surface area contributed by atoms with Crippen molar-refractivity contribution in [2.45, 2.75) is 59.9 Å². The highest BCUT2D eigenvalue weighted by Crippen LogP contribution is 2.26. The van der Waals surface area contributed by atoms with Crippen molar-refractivity contribution >= 4 is 11.8 Å². The summed E-state index contributed by atoms with van der Waals surface area (Å²) in [6, 6.07) is 0. The average molecular weight is 319 g/mol. The van der Waals surface area contributed by atoms with Crippen molar-refractivity contribution in [1.29, 1.82) is 5.41 Å². The van der Waals surface area contributed by atoms with E-state index < -0.39 is 5.60 Å². The Labute approximate surface area is 136 Å². The molecular formula is C16H25N5O2. The van der Waals surface area contributed by atoms with E-state index in [1.807, 2.05) is 32.3 Å². The molecule has 0 saturated carbocycles. The summed E-state index contributed by atoms with van der Waals surface area (Å²) in [5.74, 6) is 0.589. The van der Waals surface area contributed by atoms with Gasteiger partial charge in [-0.15, -0.1) is 0 Å². The summed E-state index contributed by atoms with van der Waals surface area (Å²) >= 11 is 0. The molecule has 1 aliphatic rings. The first-order chi connectivity index (χ1) is 10.6. The van der Waals surface area contributed by atoms with Crippen LogP contribution in [0.4, 0.5) is 4.79 Å². The van der Waals surface area contributed by atoms with Gasteiger partial charge in [-0.2, -0.15) is 0 Å². The van der Waals surface area contributed by atoms with E-state index in [-0.39, 0.29) is 11.8 Å². The van der Waals surface area contributed by atoms with Crippen LogP contribution in [0.15, 0.2) is 11.8 Å². The molecule has 7 nitrogen and oxygen atoms in total. The lowest BCUT2D eigenvalue weighted by molar-refractivity contribution is 0.0237. The number of hydrogen-bond acceptors (Lipinski definition) is 5. The van der Waals surface area contributed by atoms with Gasteiger partial charge in [0.25, 0.3) is 0 Å². The summed E-state index contributed by atoms with van der Waals surface area (Å²) in [7, 11) is 0. The van der Waals surface area contributed by atoms with Gasteiger partial charge >= 0.3 is 6.09 Å². The molecule has 0 atom stereocenters. The molecule has 0 unspecified atom stereocenters. The number of carbonyl (C=O) groups is 1. The van der Waals surface area contributed by atoms with E-state index in [2.05, 4.69) is 4.98 Å². The Bertz CT molecular complexity index is 663. The Morgan fingerprint density at radius 3 is 2.61 bits per heavy atom. The largest absolute Gasteiger partial charge is 0.444 e. The van der Waals surface area contributed by atoms with E-state index in [9.17, 15) is 4.79 Å². The average Bonchev–Trinajstić information content (AvgIpc) is 2.92. The second-order valence-corrected chi connectivity index (χ2v) is 6.71. The topological polar surface area (TPSA) is 97.2 Å². The number of nitrogens with two attached hydrogens (primary N) is 1. The molecule has 1 aromatic rings. The molecule has 0 spiro atoms. The van der Waals surface area contributed by atoms with Gasteiger partial charge in [0, 0.05) is 12.2 Å². The second kappa shape index (κ2) is 6.06. The molecular weight excluding hydrogens is 294 g/mol. The highest BCUT2D eigenvalue weighted by atomic mass is 16.6. The van der Waals surface area contributed by atoms with Gasteiger partial charge in [0.2, 0.25) is 0 Å². The Hall–Kier alpha value is -2.31. The van der Waals surface area contributed by atoms with Crippen LogP contribution in [0.3, 0.4) is 0 Å². The summed E-state index contributed by atoms with van der Waals surface area (Å²) in [6.45, 7) is 10.8. The molecule has 1 aliphatic heterocycles. The number of rotatable bonds is 3. The van der Waals surface area contributed by atoms with Crippen molar-refractivity contribution in [2.75, 3.05) is 0 Å². The number of allylic oxidation sites excluding steroid dienone is 2. The predicted molar refractivity (Wildman–Crippen MR) is 88.2 cm³/mol. The van der Waals surface area contributed by atoms with Crippen LogP contribution in [0.2, 0.25) is 0 Å². The first-order valence-electron chi connectivity index (χ1n) is 7.71. The predicted octanol–water partition coefficient (Wildman–Crippen LogP) is 2.38. The van der Waals surface area contributed by atoms with Crippen molar-refractivity contribution in [1.82, 2.24) is 14.5 Å². The van der Waals surface area contributed by atoms with Crippen molar-refractivity contribution < 1.29 is 9.53 Å². The van der Waals surface area contributed by atoms with Gasteiger partial charge in [-0.25, -0.2) is 9.78 Å². The van der Waals surface area contributed by atoms with Gasteiger partial charge in [-0.1, -0.05) is 0 Å². The number of amides is 1. The van der Waals surface area contributed by atoms with E-state index in [1.54, 1.807) is 17.9 Å². The van der Waals surface area contributed by atoms with Crippen LogP contribution in [0.25, 0.3) is 0 Å². The van der Waals surface area contributed by atoms with Crippen molar-refractivity contribution in [3.05, 3.63) is 29.0 Å². The highest BCUT2D eigenvalue weighted by molar-refractivity contribution is 6.04. The normalized spacial score (nSPS) is 14.8. The molecule has 0 saturated heterocycles. The van der Waals surface area contributed by atoms with E-state index in [0.717, 1.165) is 11.4 Å².